The Morgan fingerprint density at radius 2 is 2.39 bits per heavy atom. The molecule has 0 bridgehead atoms. The van der Waals surface area contributed by atoms with E-state index < -0.39 is 0 Å². The number of benzene rings is 1. The van der Waals surface area contributed by atoms with E-state index in [1.165, 1.54) is 0 Å². The van der Waals surface area contributed by atoms with Crippen LogP contribution in [0.25, 0.3) is 10.2 Å². The van der Waals surface area contributed by atoms with Gasteiger partial charge in [0.2, 0.25) is 0 Å². The summed E-state index contributed by atoms with van der Waals surface area (Å²) in [6.45, 7) is 1.67. The lowest BCUT2D eigenvalue weighted by atomic mass is 10.1. The average Bonchev–Trinajstić information content (AvgIpc) is 2.81. The van der Waals surface area contributed by atoms with Crippen molar-refractivity contribution in [2.24, 2.45) is 0 Å². The van der Waals surface area contributed by atoms with Crippen LogP contribution in [-0.4, -0.2) is 36.4 Å². The molecule has 1 unspecified atom stereocenters. The maximum Gasteiger partial charge on any atom is 0.186 e. The molecular weight excluding hydrogens is 248 g/mol. The van der Waals surface area contributed by atoms with Gasteiger partial charge in [-0.3, -0.25) is 0 Å². The first-order valence-corrected chi connectivity index (χ1v) is 6.95. The number of aromatic nitrogens is 1. The maximum atomic E-state index is 9.71. The molecule has 96 valence electrons. The van der Waals surface area contributed by atoms with E-state index in [2.05, 4.69) is 9.88 Å². The van der Waals surface area contributed by atoms with Crippen LogP contribution in [0.15, 0.2) is 18.2 Å². The molecule has 1 atom stereocenters. The Hall–Kier alpha value is -1.33. The van der Waals surface area contributed by atoms with Crippen molar-refractivity contribution in [3.05, 3.63) is 18.2 Å². The molecule has 1 aromatic carbocycles. The van der Waals surface area contributed by atoms with Gasteiger partial charge in [0, 0.05) is 13.1 Å². The molecule has 18 heavy (non-hydrogen) atoms. The van der Waals surface area contributed by atoms with Crippen LogP contribution in [0.2, 0.25) is 0 Å². The number of hydrogen-bond acceptors (Lipinski definition) is 5. The zero-order chi connectivity index (χ0) is 12.5. The summed E-state index contributed by atoms with van der Waals surface area (Å²) >= 11 is 1.66. The monoisotopic (exact) mass is 264 g/mol. The predicted molar refractivity (Wildman–Crippen MR) is 73.6 cm³/mol. The highest BCUT2D eigenvalue weighted by molar-refractivity contribution is 7.22. The van der Waals surface area contributed by atoms with E-state index in [1.54, 1.807) is 18.4 Å². The Morgan fingerprint density at radius 1 is 1.50 bits per heavy atom. The molecule has 1 aliphatic heterocycles. The number of anilines is 1. The van der Waals surface area contributed by atoms with Gasteiger partial charge in [0.25, 0.3) is 0 Å². The lowest BCUT2D eigenvalue weighted by Gasteiger charge is -2.29. The van der Waals surface area contributed by atoms with Crippen molar-refractivity contribution < 1.29 is 9.84 Å². The maximum absolute atomic E-state index is 9.71. The number of thiazole rings is 1. The summed E-state index contributed by atoms with van der Waals surface area (Å²) in [5.41, 5.74) is 0.996. The standard InChI is InChI=1S/C13H16N2O2S/c1-17-10-4-5-11-12(7-10)18-13(14-11)15-6-2-3-9(16)8-15/h4-5,7,9,16H,2-3,6,8H2,1H3. The summed E-state index contributed by atoms with van der Waals surface area (Å²) in [6, 6.07) is 5.92. The average molecular weight is 264 g/mol. The third-order valence-electron chi connectivity index (χ3n) is 3.25. The van der Waals surface area contributed by atoms with Crippen molar-refractivity contribution in [1.82, 2.24) is 4.98 Å². The van der Waals surface area contributed by atoms with Gasteiger partial charge < -0.3 is 14.7 Å². The van der Waals surface area contributed by atoms with Crippen LogP contribution in [0.5, 0.6) is 5.75 Å². The zero-order valence-electron chi connectivity index (χ0n) is 10.3. The van der Waals surface area contributed by atoms with Crippen molar-refractivity contribution in [3.63, 3.8) is 0 Å². The molecule has 0 radical (unpaired) electrons. The minimum atomic E-state index is -0.222. The largest absolute Gasteiger partial charge is 0.497 e. The van der Waals surface area contributed by atoms with E-state index in [4.69, 9.17) is 4.74 Å². The second-order valence-electron chi connectivity index (χ2n) is 4.57. The second-order valence-corrected chi connectivity index (χ2v) is 5.58. The molecule has 1 fully saturated rings. The molecule has 4 nitrogen and oxygen atoms in total. The van der Waals surface area contributed by atoms with Crippen molar-refractivity contribution in [2.75, 3.05) is 25.1 Å². The quantitative estimate of drug-likeness (QED) is 0.904. The lowest BCUT2D eigenvalue weighted by molar-refractivity contribution is 0.154. The fourth-order valence-electron chi connectivity index (χ4n) is 2.28. The first-order chi connectivity index (χ1) is 8.76. The van der Waals surface area contributed by atoms with Crippen LogP contribution in [0.3, 0.4) is 0 Å². The first-order valence-electron chi connectivity index (χ1n) is 6.14. The lowest BCUT2D eigenvalue weighted by Crippen LogP contribution is -2.38. The third-order valence-corrected chi connectivity index (χ3v) is 4.33. The highest BCUT2D eigenvalue weighted by Gasteiger charge is 2.20. The molecule has 3 rings (SSSR count). The topological polar surface area (TPSA) is 45.6 Å². The van der Waals surface area contributed by atoms with Crippen molar-refractivity contribution >= 4 is 26.7 Å². The number of β-amino-alcohol motifs (C(OH)–C–C–N with tert-alkyl or cyclic N) is 1. The minimum absolute atomic E-state index is 0.222. The van der Waals surface area contributed by atoms with Crippen LogP contribution in [0.4, 0.5) is 5.13 Å². The van der Waals surface area contributed by atoms with E-state index in [0.717, 1.165) is 40.5 Å². The number of methoxy groups -OCH3 is 1. The van der Waals surface area contributed by atoms with Gasteiger partial charge in [-0.1, -0.05) is 11.3 Å². The number of rotatable bonds is 2. The van der Waals surface area contributed by atoms with Gasteiger partial charge in [-0.15, -0.1) is 0 Å². The van der Waals surface area contributed by atoms with Gasteiger partial charge in [0.15, 0.2) is 5.13 Å². The Bertz CT molecular complexity index is 555. The van der Waals surface area contributed by atoms with E-state index in [-0.39, 0.29) is 6.10 Å². The van der Waals surface area contributed by atoms with Gasteiger partial charge in [0.05, 0.1) is 23.4 Å². The van der Waals surface area contributed by atoms with Gasteiger partial charge in [0.1, 0.15) is 5.75 Å². The van der Waals surface area contributed by atoms with Gasteiger partial charge in [-0.2, -0.15) is 0 Å². The number of hydrogen-bond donors (Lipinski definition) is 1. The molecule has 2 aromatic rings. The van der Waals surface area contributed by atoms with E-state index in [9.17, 15) is 5.11 Å². The smallest absolute Gasteiger partial charge is 0.186 e. The number of aliphatic hydroxyl groups excluding tert-OH is 1. The molecule has 0 amide bonds. The molecule has 0 saturated carbocycles. The van der Waals surface area contributed by atoms with Crippen LogP contribution in [-0.2, 0) is 0 Å². The Kier molecular flexibility index (Phi) is 3.09. The predicted octanol–water partition coefficient (Wildman–Crippen LogP) is 2.27. The van der Waals surface area contributed by atoms with E-state index >= 15 is 0 Å². The number of ether oxygens (including phenoxy) is 1. The number of aliphatic hydroxyl groups is 1. The molecular formula is C13H16N2O2S. The van der Waals surface area contributed by atoms with Crippen molar-refractivity contribution in [1.29, 1.82) is 0 Å². The molecule has 1 aromatic heterocycles. The molecule has 5 heteroatoms. The van der Waals surface area contributed by atoms with Gasteiger partial charge >= 0.3 is 0 Å². The van der Waals surface area contributed by atoms with Crippen LogP contribution < -0.4 is 9.64 Å². The van der Waals surface area contributed by atoms with Crippen LogP contribution in [0, 0.1) is 0 Å². The molecule has 2 heterocycles. The van der Waals surface area contributed by atoms with E-state index in [0.29, 0.717) is 6.54 Å². The minimum Gasteiger partial charge on any atom is -0.497 e. The van der Waals surface area contributed by atoms with Crippen molar-refractivity contribution in [2.45, 2.75) is 18.9 Å². The van der Waals surface area contributed by atoms with Crippen molar-refractivity contribution in [3.8, 4) is 5.75 Å². The van der Waals surface area contributed by atoms with E-state index in [1.807, 2.05) is 18.2 Å². The second kappa shape index (κ2) is 4.74. The highest BCUT2D eigenvalue weighted by Crippen LogP contribution is 2.32. The SMILES string of the molecule is COc1ccc2nc(N3CCCC(O)C3)sc2c1. The Labute approximate surface area is 110 Å². The summed E-state index contributed by atoms with van der Waals surface area (Å²) in [5, 5.41) is 10.7. The van der Waals surface area contributed by atoms with Gasteiger partial charge in [-0.05, 0) is 31.0 Å². The third kappa shape index (κ3) is 2.15. The number of nitrogens with zero attached hydrogens (tertiary/aromatic N) is 2. The molecule has 1 saturated heterocycles. The fraction of sp³-hybridized carbons (Fsp3) is 0.462. The summed E-state index contributed by atoms with van der Waals surface area (Å²) in [4.78, 5) is 6.80. The summed E-state index contributed by atoms with van der Waals surface area (Å²) in [6.07, 6.45) is 1.70. The Morgan fingerprint density at radius 3 is 3.17 bits per heavy atom. The van der Waals surface area contributed by atoms with Crippen LogP contribution >= 0.6 is 11.3 Å². The fourth-order valence-corrected chi connectivity index (χ4v) is 3.31. The summed E-state index contributed by atoms with van der Waals surface area (Å²) < 4.78 is 6.35. The molecule has 0 spiro atoms. The number of fused-ring (bicyclic) bond motifs is 1. The highest BCUT2D eigenvalue weighted by atomic mass is 32.1. The Balaban J connectivity index is 1.92. The normalized spacial score (nSPS) is 20.3. The van der Waals surface area contributed by atoms with Gasteiger partial charge in [-0.25, -0.2) is 4.98 Å². The van der Waals surface area contributed by atoms with Crippen LogP contribution in [0.1, 0.15) is 12.8 Å². The number of piperidine rings is 1. The summed E-state index contributed by atoms with van der Waals surface area (Å²) in [5.74, 6) is 0.858. The molecule has 1 N–H and O–H groups in total. The zero-order valence-corrected chi connectivity index (χ0v) is 11.1. The molecule has 0 aliphatic carbocycles. The first kappa shape index (κ1) is 11.7. The molecule has 1 aliphatic rings. The summed E-state index contributed by atoms with van der Waals surface area (Å²) in [7, 11) is 1.67.